The Morgan fingerprint density at radius 2 is 2.47 bits per heavy atom. The van der Waals surface area contributed by atoms with Gasteiger partial charge in [-0.3, -0.25) is 0 Å². The minimum atomic E-state index is -0.447. The molecule has 0 spiro atoms. The number of hydrogen-bond acceptors (Lipinski definition) is 5. The fraction of sp³-hybridized carbons (Fsp3) is 0.385. The SMILES string of the molecule is COC(=O)c1occc1CNCCCc1ncc[nH]1. The van der Waals surface area contributed by atoms with Crippen LogP contribution in [0.1, 0.15) is 28.4 Å². The number of H-pyrrole nitrogens is 1. The van der Waals surface area contributed by atoms with E-state index < -0.39 is 5.97 Å². The molecule has 0 amide bonds. The number of methoxy groups -OCH3 is 1. The lowest BCUT2D eigenvalue weighted by Crippen LogP contribution is -2.17. The minimum Gasteiger partial charge on any atom is -0.463 e. The van der Waals surface area contributed by atoms with Gasteiger partial charge in [-0.15, -0.1) is 0 Å². The quantitative estimate of drug-likeness (QED) is 0.584. The maximum atomic E-state index is 11.4. The van der Waals surface area contributed by atoms with Crippen molar-refractivity contribution in [2.24, 2.45) is 0 Å². The molecule has 0 saturated heterocycles. The first-order chi connectivity index (χ1) is 9.31. The summed E-state index contributed by atoms with van der Waals surface area (Å²) in [6.07, 6.45) is 6.92. The van der Waals surface area contributed by atoms with E-state index in [2.05, 4.69) is 20.0 Å². The fourth-order valence-electron chi connectivity index (χ4n) is 1.79. The van der Waals surface area contributed by atoms with Gasteiger partial charge in [-0.1, -0.05) is 0 Å². The molecule has 2 heterocycles. The molecule has 0 bridgehead atoms. The van der Waals surface area contributed by atoms with E-state index in [0.717, 1.165) is 30.8 Å². The van der Waals surface area contributed by atoms with Gasteiger partial charge in [0.25, 0.3) is 0 Å². The summed E-state index contributed by atoms with van der Waals surface area (Å²) in [5.74, 6) is 0.804. The second kappa shape index (κ2) is 6.75. The summed E-state index contributed by atoms with van der Waals surface area (Å²) in [5, 5.41) is 3.26. The molecule has 0 aliphatic heterocycles. The number of furan rings is 1. The molecule has 6 nitrogen and oxygen atoms in total. The summed E-state index contributed by atoms with van der Waals surface area (Å²) in [5.41, 5.74) is 0.810. The maximum absolute atomic E-state index is 11.4. The Labute approximate surface area is 111 Å². The molecular formula is C13H17N3O3. The van der Waals surface area contributed by atoms with Crippen molar-refractivity contribution in [2.75, 3.05) is 13.7 Å². The van der Waals surface area contributed by atoms with Crippen LogP contribution in [0.5, 0.6) is 0 Å². The lowest BCUT2D eigenvalue weighted by Gasteiger charge is -2.04. The molecule has 0 fully saturated rings. The zero-order valence-electron chi connectivity index (χ0n) is 10.8. The molecule has 6 heteroatoms. The average molecular weight is 263 g/mol. The number of hydrogen-bond donors (Lipinski definition) is 2. The van der Waals surface area contributed by atoms with Crippen LogP contribution in [0.15, 0.2) is 29.1 Å². The molecule has 0 unspecified atom stereocenters. The van der Waals surface area contributed by atoms with Gasteiger partial charge < -0.3 is 19.5 Å². The molecule has 0 aliphatic carbocycles. The smallest absolute Gasteiger partial charge is 0.374 e. The largest absolute Gasteiger partial charge is 0.463 e. The summed E-state index contributed by atoms with van der Waals surface area (Å²) in [6, 6.07) is 1.77. The van der Waals surface area contributed by atoms with E-state index in [9.17, 15) is 4.79 Å². The monoisotopic (exact) mass is 263 g/mol. The van der Waals surface area contributed by atoms with Crippen molar-refractivity contribution in [3.05, 3.63) is 41.9 Å². The number of carbonyl (C=O) groups is 1. The highest BCUT2D eigenvalue weighted by molar-refractivity contribution is 5.87. The van der Waals surface area contributed by atoms with Crippen molar-refractivity contribution in [2.45, 2.75) is 19.4 Å². The first-order valence-corrected chi connectivity index (χ1v) is 6.15. The van der Waals surface area contributed by atoms with E-state index in [1.54, 1.807) is 12.3 Å². The summed E-state index contributed by atoms with van der Waals surface area (Å²) in [6.45, 7) is 1.42. The van der Waals surface area contributed by atoms with Crippen molar-refractivity contribution >= 4 is 5.97 Å². The summed E-state index contributed by atoms with van der Waals surface area (Å²) >= 11 is 0. The predicted octanol–water partition coefficient (Wildman–Crippen LogP) is 1.51. The molecule has 0 atom stereocenters. The molecule has 19 heavy (non-hydrogen) atoms. The molecular weight excluding hydrogens is 246 g/mol. The Balaban J connectivity index is 1.71. The second-order valence-corrected chi connectivity index (χ2v) is 4.08. The Kier molecular flexibility index (Phi) is 4.74. The van der Waals surface area contributed by atoms with Crippen molar-refractivity contribution in [1.29, 1.82) is 0 Å². The van der Waals surface area contributed by atoms with Crippen LogP contribution in [-0.4, -0.2) is 29.6 Å². The highest BCUT2D eigenvalue weighted by Crippen LogP contribution is 2.11. The Bertz CT molecular complexity index is 505. The van der Waals surface area contributed by atoms with Gasteiger partial charge in [-0.05, 0) is 19.0 Å². The van der Waals surface area contributed by atoms with Crippen molar-refractivity contribution < 1.29 is 13.9 Å². The standard InChI is InChI=1S/C13H17N3O3/c1-18-13(17)12-10(4-8-19-12)9-14-5-2-3-11-15-6-7-16-11/h4,6-8,14H,2-3,5,9H2,1H3,(H,15,16). The van der Waals surface area contributed by atoms with Crippen LogP contribution < -0.4 is 5.32 Å². The molecule has 0 saturated carbocycles. The summed E-state index contributed by atoms with van der Waals surface area (Å²) in [7, 11) is 1.34. The van der Waals surface area contributed by atoms with Gasteiger partial charge in [0, 0.05) is 30.9 Å². The van der Waals surface area contributed by atoms with Gasteiger partial charge in [0.1, 0.15) is 5.82 Å². The van der Waals surface area contributed by atoms with Crippen LogP contribution in [0.4, 0.5) is 0 Å². The van der Waals surface area contributed by atoms with E-state index in [0.29, 0.717) is 6.54 Å². The van der Waals surface area contributed by atoms with Gasteiger partial charge in [0.05, 0.1) is 13.4 Å². The normalized spacial score (nSPS) is 10.6. The molecule has 0 aromatic carbocycles. The van der Waals surface area contributed by atoms with Crippen molar-refractivity contribution in [3.63, 3.8) is 0 Å². The Morgan fingerprint density at radius 1 is 1.58 bits per heavy atom. The third-order valence-electron chi connectivity index (χ3n) is 2.75. The van der Waals surface area contributed by atoms with Crippen LogP contribution in [0, 0.1) is 0 Å². The lowest BCUT2D eigenvalue weighted by atomic mass is 10.2. The van der Waals surface area contributed by atoms with Crippen LogP contribution in [0.2, 0.25) is 0 Å². The third-order valence-corrected chi connectivity index (χ3v) is 2.75. The number of aromatic nitrogens is 2. The molecule has 0 aliphatic rings. The number of carbonyl (C=O) groups excluding carboxylic acids is 1. The van der Waals surface area contributed by atoms with Gasteiger partial charge in [0.2, 0.25) is 5.76 Å². The third kappa shape index (κ3) is 3.69. The number of aryl methyl sites for hydroxylation is 1. The van der Waals surface area contributed by atoms with Gasteiger partial charge >= 0.3 is 5.97 Å². The number of nitrogens with zero attached hydrogens (tertiary/aromatic N) is 1. The lowest BCUT2D eigenvalue weighted by molar-refractivity contribution is 0.0563. The van der Waals surface area contributed by atoms with Crippen molar-refractivity contribution in [3.8, 4) is 0 Å². The average Bonchev–Trinajstić information content (AvgIpc) is 3.08. The van der Waals surface area contributed by atoms with Crippen LogP contribution in [0.25, 0.3) is 0 Å². The Morgan fingerprint density at radius 3 is 3.21 bits per heavy atom. The molecule has 2 aromatic rings. The molecule has 2 aromatic heterocycles. The first-order valence-electron chi connectivity index (χ1n) is 6.15. The van der Waals surface area contributed by atoms with E-state index >= 15 is 0 Å². The number of esters is 1. The van der Waals surface area contributed by atoms with E-state index in [1.807, 2.05) is 6.20 Å². The summed E-state index contributed by atoms with van der Waals surface area (Å²) in [4.78, 5) is 18.6. The van der Waals surface area contributed by atoms with Gasteiger partial charge in [0.15, 0.2) is 0 Å². The topological polar surface area (TPSA) is 80.2 Å². The molecule has 2 rings (SSSR count). The predicted molar refractivity (Wildman–Crippen MR) is 68.7 cm³/mol. The Hall–Kier alpha value is -2.08. The van der Waals surface area contributed by atoms with Crippen molar-refractivity contribution in [1.82, 2.24) is 15.3 Å². The van der Waals surface area contributed by atoms with Gasteiger partial charge in [-0.2, -0.15) is 0 Å². The van der Waals surface area contributed by atoms with Gasteiger partial charge in [-0.25, -0.2) is 9.78 Å². The molecule has 0 radical (unpaired) electrons. The van der Waals surface area contributed by atoms with Crippen LogP contribution in [0.3, 0.4) is 0 Å². The zero-order valence-corrected chi connectivity index (χ0v) is 10.8. The van der Waals surface area contributed by atoms with E-state index in [4.69, 9.17) is 4.42 Å². The summed E-state index contributed by atoms with van der Waals surface area (Å²) < 4.78 is 9.74. The van der Waals surface area contributed by atoms with E-state index in [1.165, 1.54) is 13.4 Å². The zero-order chi connectivity index (χ0) is 13.5. The highest BCUT2D eigenvalue weighted by Gasteiger charge is 2.14. The number of ether oxygens (including phenoxy) is 1. The first kappa shape index (κ1) is 13.4. The minimum absolute atomic E-state index is 0.265. The molecule has 102 valence electrons. The van der Waals surface area contributed by atoms with Crippen LogP contribution >= 0.6 is 0 Å². The number of rotatable bonds is 7. The second-order valence-electron chi connectivity index (χ2n) is 4.08. The van der Waals surface area contributed by atoms with E-state index in [-0.39, 0.29) is 5.76 Å². The fourth-order valence-corrected chi connectivity index (χ4v) is 1.79. The molecule has 2 N–H and O–H groups in total. The highest BCUT2D eigenvalue weighted by atomic mass is 16.5. The number of aromatic amines is 1. The van der Waals surface area contributed by atoms with Crippen LogP contribution in [-0.2, 0) is 17.7 Å². The number of nitrogens with one attached hydrogen (secondary N) is 2. The maximum Gasteiger partial charge on any atom is 0.374 e. The number of imidazole rings is 1.